The van der Waals surface area contributed by atoms with Gasteiger partial charge in [0.1, 0.15) is 11.4 Å². The lowest BCUT2D eigenvalue weighted by Crippen LogP contribution is -2.44. The molecule has 0 radical (unpaired) electrons. The molecule has 0 saturated carbocycles. The number of benzene rings is 2. The molecule has 2 aromatic rings. The summed E-state index contributed by atoms with van der Waals surface area (Å²) >= 11 is 0. The first-order valence-electron chi connectivity index (χ1n) is 11.9. The Hall–Kier alpha value is -3.22. The van der Waals surface area contributed by atoms with Gasteiger partial charge < -0.3 is 25.0 Å². The van der Waals surface area contributed by atoms with Gasteiger partial charge in [-0.2, -0.15) is 0 Å². The van der Waals surface area contributed by atoms with Crippen LogP contribution in [0.1, 0.15) is 50.3 Å². The van der Waals surface area contributed by atoms with E-state index in [1.54, 1.807) is 7.11 Å². The molecular weight excluding hydrogens is 430 g/mol. The fourth-order valence-corrected chi connectivity index (χ4v) is 4.03. The topological polar surface area (TPSA) is 79.9 Å². The molecule has 2 aromatic carbocycles. The molecule has 2 N–H and O–H groups in total. The third-order valence-corrected chi connectivity index (χ3v) is 5.86. The molecule has 1 fully saturated rings. The van der Waals surface area contributed by atoms with E-state index in [1.165, 1.54) is 5.56 Å². The van der Waals surface area contributed by atoms with E-state index in [2.05, 4.69) is 22.8 Å². The average Bonchev–Trinajstić information content (AvgIpc) is 2.81. The van der Waals surface area contributed by atoms with Gasteiger partial charge in [0.15, 0.2) is 0 Å². The number of amides is 3. The highest BCUT2D eigenvalue weighted by Crippen LogP contribution is 2.23. The SMILES string of the molecule is COc1cccc(CC2CCN(C(=O)NCc3ccc(CNC(=O)OC(C)(C)C)cc3)CC2)c1. The van der Waals surface area contributed by atoms with Crippen molar-refractivity contribution in [1.82, 2.24) is 15.5 Å². The summed E-state index contributed by atoms with van der Waals surface area (Å²) < 4.78 is 10.6. The van der Waals surface area contributed by atoms with Crippen molar-refractivity contribution in [3.8, 4) is 5.75 Å². The van der Waals surface area contributed by atoms with Gasteiger partial charge in [0, 0.05) is 26.2 Å². The van der Waals surface area contributed by atoms with Crippen molar-refractivity contribution in [2.45, 2.75) is 58.7 Å². The van der Waals surface area contributed by atoms with Crippen LogP contribution in [0.15, 0.2) is 48.5 Å². The number of urea groups is 1. The summed E-state index contributed by atoms with van der Waals surface area (Å²) in [5.41, 5.74) is 2.76. The number of alkyl carbamates (subject to hydrolysis) is 1. The predicted molar refractivity (Wildman–Crippen MR) is 133 cm³/mol. The number of ether oxygens (including phenoxy) is 2. The minimum Gasteiger partial charge on any atom is -0.497 e. The summed E-state index contributed by atoms with van der Waals surface area (Å²) in [4.78, 5) is 26.3. The molecule has 1 saturated heterocycles. The summed E-state index contributed by atoms with van der Waals surface area (Å²) in [6.45, 7) is 7.92. The van der Waals surface area contributed by atoms with Crippen LogP contribution in [0.5, 0.6) is 5.75 Å². The molecule has 184 valence electrons. The van der Waals surface area contributed by atoms with Gasteiger partial charge in [-0.05, 0) is 74.8 Å². The van der Waals surface area contributed by atoms with Crippen LogP contribution >= 0.6 is 0 Å². The maximum absolute atomic E-state index is 12.6. The first-order chi connectivity index (χ1) is 16.2. The molecule has 7 nitrogen and oxygen atoms in total. The van der Waals surface area contributed by atoms with Crippen LogP contribution in [0.2, 0.25) is 0 Å². The van der Waals surface area contributed by atoms with Gasteiger partial charge in [-0.25, -0.2) is 9.59 Å². The van der Waals surface area contributed by atoms with Gasteiger partial charge in [0.2, 0.25) is 0 Å². The summed E-state index contributed by atoms with van der Waals surface area (Å²) in [5.74, 6) is 1.47. The zero-order valence-electron chi connectivity index (χ0n) is 20.7. The fourth-order valence-electron chi connectivity index (χ4n) is 4.03. The fraction of sp³-hybridized carbons (Fsp3) is 0.481. The second kappa shape index (κ2) is 11.8. The van der Waals surface area contributed by atoms with Crippen LogP contribution in [0.4, 0.5) is 9.59 Å². The van der Waals surface area contributed by atoms with E-state index in [0.717, 1.165) is 49.2 Å². The molecule has 34 heavy (non-hydrogen) atoms. The number of carbonyl (C=O) groups is 2. The normalized spacial score (nSPS) is 14.4. The third-order valence-electron chi connectivity index (χ3n) is 5.86. The molecule has 0 aromatic heterocycles. The Labute approximate surface area is 202 Å². The average molecular weight is 468 g/mol. The zero-order valence-corrected chi connectivity index (χ0v) is 20.7. The molecule has 0 unspecified atom stereocenters. The van der Waals surface area contributed by atoms with Gasteiger partial charge in [-0.15, -0.1) is 0 Å². The van der Waals surface area contributed by atoms with Crippen LogP contribution in [-0.2, 0) is 24.2 Å². The van der Waals surface area contributed by atoms with E-state index in [-0.39, 0.29) is 6.03 Å². The van der Waals surface area contributed by atoms with Crippen molar-refractivity contribution in [3.63, 3.8) is 0 Å². The largest absolute Gasteiger partial charge is 0.497 e. The molecule has 3 amide bonds. The summed E-state index contributed by atoms with van der Waals surface area (Å²) in [6.07, 6.45) is 2.59. The molecule has 1 aliphatic rings. The van der Waals surface area contributed by atoms with Gasteiger partial charge in [0.05, 0.1) is 7.11 Å². The lowest BCUT2D eigenvalue weighted by molar-refractivity contribution is 0.0523. The number of hydrogen-bond acceptors (Lipinski definition) is 4. The second-order valence-corrected chi connectivity index (χ2v) is 9.82. The molecule has 1 heterocycles. The Morgan fingerprint density at radius 1 is 0.941 bits per heavy atom. The minimum atomic E-state index is -0.516. The van der Waals surface area contributed by atoms with Gasteiger partial charge in [-0.3, -0.25) is 0 Å². The van der Waals surface area contributed by atoms with E-state index >= 15 is 0 Å². The molecule has 3 rings (SSSR count). The van der Waals surface area contributed by atoms with Crippen molar-refractivity contribution >= 4 is 12.1 Å². The van der Waals surface area contributed by atoms with E-state index in [0.29, 0.717) is 19.0 Å². The van der Waals surface area contributed by atoms with E-state index < -0.39 is 11.7 Å². The number of hydrogen-bond donors (Lipinski definition) is 2. The van der Waals surface area contributed by atoms with E-state index in [9.17, 15) is 9.59 Å². The second-order valence-electron chi connectivity index (χ2n) is 9.82. The number of methoxy groups -OCH3 is 1. The van der Waals surface area contributed by atoms with Crippen molar-refractivity contribution < 1.29 is 19.1 Å². The smallest absolute Gasteiger partial charge is 0.407 e. The molecule has 7 heteroatoms. The van der Waals surface area contributed by atoms with Crippen LogP contribution in [0.3, 0.4) is 0 Å². The Balaban J connectivity index is 1.37. The quantitative estimate of drug-likeness (QED) is 0.608. The molecule has 0 bridgehead atoms. The minimum absolute atomic E-state index is 0.0181. The van der Waals surface area contributed by atoms with Gasteiger partial charge in [-0.1, -0.05) is 36.4 Å². The lowest BCUT2D eigenvalue weighted by atomic mass is 9.90. The molecule has 0 atom stereocenters. The molecule has 0 aliphatic carbocycles. The number of nitrogens with zero attached hydrogens (tertiary/aromatic N) is 1. The lowest BCUT2D eigenvalue weighted by Gasteiger charge is -2.32. The highest BCUT2D eigenvalue weighted by Gasteiger charge is 2.23. The molecular formula is C27H37N3O4. The van der Waals surface area contributed by atoms with Crippen molar-refractivity contribution in [3.05, 3.63) is 65.2 Å². The highest BCUT2D eigenvalue weighted by molar-refractivity contribution is 5.74. The maximum atomic E-state index is 12.6. The van der Waals surface area contributed by atoms with Crippen molar-refractivity contribution in [2.75, 3.05) is 20.2 Å². The first kappa shape index (κ1) is 25.4. The van der Waals surface area contributed by atoms with Crippen LogP contribution in [0.25, 0.3) is 0 Å². The monoisotopic (exact) mass is 467 g/mol. The zero-order chi connectivity index (χ0) is 24.6. The standard InChI is InChI=1S/C27H37N3O4/c1-27(2,3)34-26(32)29-19-22-10-8-21(9-11-22)18-28-25(31)30-14-12-20(13-15-30)16-23-6-5-7-24(17-23)33-4/h5-11,17,20H,12-16,18-19H2,1-4H3,(H,28,31)(H,29,32). The Morgan fingerprint density at radius 2 is 1.56 bits per heavy atom. The third kappa shape index (κ3) is 8.28. The number of piperidine rings is 1. The Bertz CT molecular complexity index is 945. The van der Waals surface area contributed by atoms with Crippen LogP contribution < -0.4 is 15.4 Å². The van der Waals surface area contributed by atoms with Crippen molar-refractivity contribution in [1.29, 1.82) is 0 Å². The number of likely N-dealkylation sites (tertiary alicyclic amines) is 1. The van der Waals surface area contributed by atoms with Gasteiger partial charge >= 0.3 is 12.1 Å². The first-order valence-corrected chi connectivity index (χ1v) is 11.9. The Morgan fingerprint density at radius 3 is 2.15 bits per heavy atom. The molecule has 0 spiro atoms. The van der Waals surface area contributed by atoms with Gasteiger partial charge in [0.25, 0.3) is 0 Å². The highest BCUT2D eigenvalue weighted by atomic mass is 16.6. The number of nitrogens with one attached hydrogen (secondary N) is 2. The summed E-state index contributed by atoms with van der Waals surface area (Å²) in [7, 11) is 1.69. The van der Waals surface area contributed by atoms with Crippen LogP contribution in [0, 0.1) is 5.92 Å². The number of carbonyl (C=O) groups excluding carboxylic acids is 2. The maximum Gasteiger partial charge on any atom is 0.407 e. The van der Waals surface area contributed by atoms with Crippen LogP contribution in [-0.4, -0.2) is 42.8 Å². The molecule has 1 aliphatic heterocycles. The van der Waals surface area contributed by atoms with E-state index in [1.807, 2.05) is 62.1 Å². The van der Waals surface area contributed by atoms with E-state index in [4.69, 9.17) is 9.47 Å². The Kier molecular flexibility index (Phi) is 8.79. The summed E-state index contributed by atoms with van der Waals surface area (Å²) in [6, 6.07) is 16.0. The summed E-state index contributed by atoms with van der Waals surface area (Å²) in [5, 5.41) is 5.77. The predicted octanol–water partition coefficient (Wildman–Crippen LogP) is 4.88. The number of rotatable bonds is 7. The van der Waals surface area contributed by atoms with Crippen molar-refractivity contribution in [2.24, 2.45) is 5.92 Å².